The van der Waals surface area contributed by atoms with E-state index in [4.69, 9.17) is 5.11 Å². The van der Waals surface area contributed by atoms with Crippen molar-refractivity contribution in [2.45, 2.75) is 36.8 Å². The van der Waals surface area contributed by atoms with E-state index in [1.54, 1.807) is 11.8 Å². The van der Waals surface area contributed by atoms with Crippen molar-refractivity contribution in [3.05, 3.63) is 23.8 Å². The lowest BCUT2D eigenvalue weighted by Crippen LogP contribution is -2.42. The summed E-state index contributed by atoms with van der Waals surface area (Å²) in [5.41, 5.74) is 1.91. The van der Waals surface area contributed by atoms with Crippen LogP contribution in [0.5, 0.6) is 0 Å². The molecule has 1 atom stereocenters. The summed E-state index contributed by atoms with van der Waals surface area (Å²) in [6.07, 6.45) is 0. The third-order valence-electron chi connectivity index (χ3n) is 3.14. The van der Waals surface area contributed by atoms with Gasteiger partial charge in [0, 0.05) is 16.7 Å². The van der Waals surface area contributed by atoms with Gasteiger partial charge in [-0.25, -0.2) is 4.79 Å². The third-order valence-corrected chi connectivity index (χ3v) is 4.27. The van der Waals surface area contributed by atoms with Gasteiger partial charge in [0.1, 0.15) is 0 Å². The number of fused-ring (bicyclic) bond motifs is 1. The van der Waals surface area contributed by atoms with Crippen molar-refractivity contribution in [1.29, 1.82) is 0 Å². The smallest absolute Gasteiger partial charge is 0.394 e. The van der Waals surface area contributed by atoms with Crippen LogP contribution in [-0.4, -0.2) is 28.8 Å². The lowest BCUT2D eigenvalue weighted by atomic mass is 10.0. The van der Waals surface area contributed by atoms with Gasteiger partial charge in [0.2, 0.25) is 0 Å². The number of carboxylic acid groups (broad SMARTS) is 1. The van der Waals surface area contributed by atoms with Crippen molar-refractivity contribution < 1.29 is 14.7 Å². The number of hydrogen-bond acceptors (Lipinski definition) is 3. The van der Waals surface area contributed by atoms with Gasteiger partial charge in [-0.2, -0.15) is 0 Å². The minimum Gasteiger partial charge on any atom is -0.474 e. The molecule has 0 bridgehead atoms. The molecule has 1 amide bonds. The molecule has 0 aliphatic carbocycles. The number of nitrogens with zero attached hydrogens (tertiary/aromatic N) is 1. The monoisotopic (exact) mass is 279 g/mol. The van der Waals surface area contributed by atoms with Crippen LogP contribution in [0, 0.1) is 0 Å². The summed E-state index contributed by atoms with van der Waals surface area (Å²) in [6.45, 7) is 6.65. The lowest BCUT2D eigenvalue weighted by molar-refractivity contribution is -0.148. The molecule has 0 radical (unpaired) electrons. The molecule has 0 saturated heterocycles. The maximum Gasteiger partial charge on any atom is 0.394 e. The molecule has 1 heterocycles. The Balaban J connectivity index is 2.43. The highest BCUT2D eigenvalue weighted by Crippen LogP contribution is 2.40. The number of rotatable bonds is 1. The van der Waals surface area contributed by atoms with E-state index in [0.717, 1.165) is 4.90 Å². The second-order valence-corrected chi connectivity index (χ2v) is 6.51. The predicted molar refractivity (Wildman–Crippen MR) is 75.8 cm³/mol. The molecule has 1 aromatic rings. The summed E-state index contributed by atoms with van der Waals surface area (Å²) in [4.78, 5) is 25.0. The van der Waals surface area contributed by atoms with Gasteiger partial charge in [-0.3, -0.25) is 4.79 Å². The maximum atomic E-state index is 11.7. The van der Waals surface area contributed by atoms with Crippen LogP contribution in [0.25, 0.3) is 0 Å². The standard InChI is InChI=1S/C14H17NO3S/c1-8(2)10-4-5-11-12(6-10)19-9(3)7-15(11)13(16)14(17)18/h4-6,8-9H,7H2,1-3H3,(H,17,18). The van der Waals surface area contributed by atoms with Crippen LogP contribution in [0.15, 0.2) is 23.1 Å². The number of anilines is 1. The average molecular weight is 279 g/mol. The highest BCUT2D eigenvalue weighted by molar-refractivity contribution is 8.00. The highest BCUT2D eigenvalue weighted by Gasteiger charge is 2.30. The zero-order valence-electron chi connectivity index (χ0n) is 11.2. The Kier molecular flexibility index (Phi) is 3.85. The molecule has 4 nitrogen and oxygen atoms in total. The van der Waals surface area contributed by atoms with Gasteiger partial charge < -0.3 is 10.0 Å². The molecule has 1 unspecified atom stereocenters. The van der Waals surface area contributed by atoms with Gasteiger partial charge in [-0.05, 0) is 23.6 Å². The number of aliphatic carboxylic acids is 1. The summed E-state index contributed by atoms with van der Waals surface area (Å²) >= 11 is 1.69. The van der Waals surface area contributed by atoms with Gasteiger partial charge >= 0.3 is 11.9 Å². The summed E-state index contributed by atoms with van der Waals surface area (Å²) in [7, 11) is 0. The van der Waals surface area contributed by atoms with Crippen LogP contribution in [-0.2, 0) is 9.59 Å². The molecule has 0 fully saturated rings. The van der Waals surface area contributed by atoms with Crippen molar-refractivity contribution in [2.75, 3.05) is 11.4 Å². The summed E-state index contributed by atoms with van der Waals surface area (Å²) in [6, 6.07) is 5.87. The zero-order chi connectivity index (χ0) is 14.2. The number of carbonyl (C=O) groups excluding carboxylic acids is 1. The Morgan fingerprint density at radius 1 is 1.42 bits per heavy atom. The molecule has 1 aliphatic heterocycles. The fraction of sp³-hybridized carbons (Fsp3) is 0.429. The fourth-order valence-electron chi connectivity index (χ4n) is 2.12. The van der Waals surface area contributed by atoms with E-state index in [-0.39, 0.29) is 5.25 Å². The first-order chi connectivity index (χ1) is 8.90. The van der Waals surface area contributed by atoms with E-state index in [1.165, 1.54) is 10.5 Å². The Hall–Kier alpha value is -1.49. The van der Waals surface area contributed by atoms with Crippen LogP contribution in [0.1, 0.15) is 32.3 Å². The minimum absolute atomic E-state index is 0.193. The van der Waals surface area contributed by atoms with Crippen LogP contribution < -0.4 is 4.90 Å². The Morgan fingerprint density at radius 2 is 2.11 bits per heavy atom. The Bertz CT molecular complexity index is 527. The number of carboxylic acids is 1. The quantitative estimate of drug-likeness (QED) is 0.803. The first kappa shape index (κ1) is 13.9. The number of amides is 1. The van der Waals surface area contributed by atoms with Crippen LogP contribution in [0.2, 0.25) is 0 Å². The van der Waals surface area contributed by atoms with Crippen LogP contribution >= 0.6 is 11.8 Å². The second kappa shape index (κ2) is 5.25. The molecule has 1 N–H and O–H groups in total. The Labute approximate surface area is 116 Å². The van der Waals surface area contributed by atoms with E-state index in [0.29, 0.717) is 18.2 Å². The molecule has 5 heteroatoms. The van der Waals surface area contributed by atoms with Crippen molar-refractivity contribution in [2.24, 2.45) is 0 Å². The number of benzene rings is 1. The van der Waals surface area contributed by atoms with E-state index in [2.05, 4.69) is 19.9 Å². The summed E-state index contributed by atoms with van der Waals surface area (Å²) in [5, 5.41) is 9.08. The average Bonchev–Trinajstić information content (AvgIpc) is 2.35. The van der Waals surface area contributed by atoms with Gasteiger partial charge in [0.15, 0.2) is 0 Å². The van der Waals surface area contributed by atoms with Crippen molar-refractivity contribution >= 4 is 29.3 Å². The van der Waals surface area contributed by atoms with E-state index in [9.17, 15) is 9.59 Å². The fourth-order valence-corrected chi connectivity index (χ4v) is 3.28. The highest BCUT2D eigenvalue weighted by atomic mass is 32.2. The third kappa shape index (κ3) is 2.76. The van der Waals surface area contributed by atoms with Crippen molar-refractivity contribution in [1.82, 2.24) is 0 Å². The molecular weight excluding hydrogens is 262 g/mol. The van der Waals surface area contributed by atoms with Gasteiger partial charge in [0.05, 0.1) is 5.69 Å². The largest absolute Gasteiger partial charge is 0.474 e. The Morgan fingerprint density at radius 3 is 2.68 bits per heavy atom. The number of thioether (sulfide) groups is 1. The molecule has 1 aliphatic rings. The molecule has 0 aromatic heterocycles. The molecule has 0 spiro atoms. The normalized spacial score (nSPS) is 18.3. The van der Waals surface area contributed by atoms with Crippen molar-refractivity contribution in [3.8, 4) is 0 Å². The topological polar surface area (TPSA) is 57.6 Å². The van der Waals surface area contributed by atoms with E-state index < -0.39 is 11.9 Å². The summed E-state index contributed by atoms with van der Waals surface area (Å²) < 4.78 is 0. The number of carbonyl (C=O) groups is 2. The molecule has 0 saturated carbocycles. The van der Waals surface area contributed by atoms with E-state index in [1.807, 2.05) is 19.1 Å². The van der Waals surface area contributed by atoms with Crippen LogP contribution in [0.4, 0.5) is 5.69 Å². The zero-order valence-corrected chi connectivity index (χ0v) is 12.0. The number of hydrogen-bond donors (Lipinski definition) is 1. The van der Waals surface area contributed by atoms with Gasteiger partial charge in [-0.15, -0.1) is 11.8 Å². The summed E-state index contributed by atoms with van der Waals surface area (Å²) in [5.74, 6) is -1.85. The van der Waals surface area contributed by atoms with Crippen molar-refractivity contribution in [3.63, 3.8) is 0 Å². The molecular formula is C14H17NO3S. The maximum absolute atomic E-state index is 11.7. The SMILES string of the molecule is CC1CN(C(=O)C(=O)O)c2ccc(C(C)C)cc2S1. The predicted octanol–water partition coefficient (Wildman–Crippen LogP) is 2.72. The van der Waals surface area contributed by atoms with E-state index >= 15 is 0 Å². The first-order valence-electron chi connectivity index (χ1n) is 6.25. The molecule has 2 rings (SSSR count). The molecule has 102 valence electrons. The van der Waals surface area contributed by atoms with Gasteiger partial charge in [0.25, 0.3) is 0 Å². The van der Waals surface area contributed by atoms with Crippen LogP contribution in [0.3, 0.4) is 0 Å². The molecule has 1 aromatic carbocycles. The second-order valence-electron chi connectivity index (χ2n) is 5.03. The first-order valence-corrected chi connectivity index (χ1v) is 7.13. The van der Waals surface area contributed by atoms with Gasteiger partial charge in [-0.1, -0.05) is 26.8 Å². The molecule has 19 heavy (non-hydrogen) atoms. The lowest BCUT2D eigenvalue weighted by Gasteiger charge is -2.32. The minimum atomic E-state index is -1.40.